The molecule has 0 saturated carbocycles. The van der Waals surface area contributed by atoms with Gasteiger partial charge in [0.05, 0.1) is 0 Å². The monoisotopic (exact) mass is 224 g/mol. The molecule has 0 aliphatic rings. The zero-order valence-electron chi connectivity index (χ0n) is 9.80. The van der Waals surface area contributed by atoms with Crippen LogP contribution in [0.3, 0.4) is 0 Å². The molecule has 0 saturated heterocycles. The van der Waals surface area contributed by atoms with E-state index in [1.807, 2.05) is 19.9 Å². The zero-order valence-corrected chi connectivity index (χ0v) is 9.80. The van der Waals surface area contributed by atoms with Gasteiger partial charge >= 0.3 is 0 Å². The Morgan fingerprint density at radius 2 is 2.12 bits per heavy atom. The standard InChI is InChI=1S/C12H17FN2O/c1-8-4-10(13)7-11(5-8)15-9(2)6-12(16)14-3/h4-5,7,9,15H,6H2,1-3H3,(H,14,16). The molecule has 0 aliphatic heterocycles. The molecule has 4 heteroatoms. The number of anilines is 1. The third-order valence-corrected chi connectivity index (χ3v) is 2.23. The average Bonchev–Trinajstić information content (AvgIpc) is 2.15. The SMILES string of the molecule is CNC(=O)CC(C)Nc1cc(C)cc(F)c1. The first-order valence-corrected chi connectivity index (χ1v) is 5.25. The van der Waals surface area contributed by atoms with Crippen LogP contribution in [0.4, 0.5) is 10.1 Å². The molecule has 1 aromatic rings. The van der Waals surface area contributed by atoms with Crippen LogP contribution in [0.15, 0.2) is 18.2 Å². The van der Waals surface area contributed by atoms with Crippen molar-refractivity contribution in [2.45, 2.75) is 26.3 Å². The predicted molar refractivity (Wildman–Crippen MR) is 62.9 cm³/mol. The van der Waals surface area contributed by atoms with Crippen LogP contribution < -0.4 is 10.6 Å². The number of aryl methyl sites for hydroxylation is 1. The van der Waals surface area contributed by atoms with Gasteiger partial charge in [-0.15, -0.1) is 0 Å². The first-order chi connectivity index (χ1) is 7.51. The van der Waals surface area contributed by atoms with Crippen LogP contribution in [0.1, 0.15) is 18.9 Å². The van der Waals surface area contributed by atoms with E-state index in [4.69, 9.17) is 0 Å². The van der Waals surface area contributed by atoms with Crippen molar-refractivity contribution in [1.82, 2.24) is 5.32 Å². The highest BCUT2D eigenvalue weighted by Gasteiger charge is 2.07. The smallest absolute Gasteiger partial charge is 0.221 e. The summed E-state index contributed by atoms with van der Waals surface area (Å²) in [6, 6.07) is 4.71. The number of benzene rings is 1. The number of hydrogen-bond acceptors (Lipinski definition) is 2. The van der Waals surface area contributed by atoms with Crippen molar-refractivity contribution in [3.05, 3.63) is 29.6 Å². The van der Waals surface area contributed by atoms with E-state index in [1.165, 1.54) is 12.1 Å². The van der Waals surface area contributed by atoms with Crippen molar-refractivity contribution < 1.29 is 9.18 Å². The highest BCUT2D eigenvalue weighted by Crippen LogP contribution is 2.14. The van der Waals surface area contributed by atoms with E-state index in [2.05, 4.69) is 10.6 Å². The highest BCUT2D eigenvalue weighted by molar-refractivity contribution is 5.76. The number of rotatable bonds is 4. The molecular formula is C12H17FN2O. The molecule has 3 nitrogen and oxygen atoms in total. The lowest BCUT2D eigenvalue weighted by Gasteiger charge is -2.14. The van der Waals surface area contributed by atoms with Crippen molar-refractivity contribution in [3.63, 3.8) is 0 Å². The van der Waals surface area contributed by atoms with Gasteiger partial charge in [-0.3, -0.25) is 4.79 Å². The van der Waals surface area contributed by atoms with Crippen molar-refractivity contribution in [2.75, 3.05) is 12.4 Å². The zero-order chi connectivity index (χ0) is 12.1. The largest absolute Gasteiger partial charge is 0.382 e. The molecule has 88 valence electrons. The Bertz CT molecular complexity index is 359. The number of hydrogen-bond donors (Lipinski definition) is 2. The summed E-state index contributed by atoms with van der Waals surface area (Å²) in [5, 5.41) is 5.64. The van der Waals surface area contributed by atoms with E-state index in [0.717, 1.165) is 5.56 Å². The van der Waals surface area contributed by atoms with Crippen LogP contribution in [0, 0.1) is 12.7 Å². The second-order valence-corrected chi connectivity index (χ2v) is 3.94. The van der Waals surface area contributed by atoms with Gasteiger partial charge in [-0.05, 0) is 37.6 Å². The molecule has 1 amide bonds. The van der Waals surface area contributed by atoms with Crippen LogP contribution in [0.25, 0.3) is 0 Å². The second-order valence-electron chi connectivity index (χ2n) is 3.94. The van der Waals surface area contributed by atoms with E-state index in [-0.39, 0.29) is 17.8 Å². The summed E-state index contributed by atoms with van der Waals surface area (Å²) < 4.78 is 13.1. The lowest BCUT2D eigenvalue weighted by molar-refractivity contribution is -0.120. The molecule has 2 N–H and O–H groups in total. The lowest BCUT2D eigenvalue weighted by atomic mass is 10.1. The molecular weight excluding hydrogens is 207 g/mol. The Balaban J connectivity index is 2.62. The maximum absolute atomic E-state index is 13.1. The maximum atomic E-state index is 13.1. The highest BCUT2D eigenvalue weighted by atomic mass is 19.1. The second kappa shape index (κ2) is 5.49. The van der Waals surface area contributed by atoms with Crippen LogP contribution >= 0.6 is 0 Å². The van der Waals surface area contributed by atoms with E-state index in [0.29, 0.717) is 12.1 Å². The van der Waals surface area contributed by atoms with Crippen LogP contribution in [0.5, 0.6) is 0 Å². The van der Waals surface area contributed by atoms with Crippen molar-refractivity contribution in [3.8, 4) is 0 Å². The molecule has 0 bridgehead atoms. The lowest BCUT2D eigenvalue weighted by Crippen LogP contribution is -2.26. The van der Waals surface area contributed by atoms with Crippen molar-refractivity contribution in [2.24, 2.45) is 0 Å². The molecule has 0 heterocycles. The van der Waals surface area contributed by atoms with Gasteiger partial charge < -0.3 is 10.6 Å². The minimum Gasteiger partial charge on any atom is -0.382 e. The summed E-state index contributed by atoms with van der Waals surface area (Å²) in [5.74, 6) is -0.303. The third-order valence-electron chi connectivity index (χ3n) is 2.23. The van der Waals surface area contributed by atoms with E-state index >= 15 is 0 Å². The topological polar surface area (TPSA) is 41.1 Å². The molecule has 1 unspecified atom stereocenters. The Labute approximate surface area is 95.0 Å². The van der Waals surface area contributed by atoms with Gasteiger partial charge in [0.25, 0.3) is 0 Å². The van der Waals surface area contributed by atoms with Gasteiger partial charge in [0, 0.05) is 25.2 Å². The van der Waals surface area contributed by atoms with Gasteiger partial charge in [-0.25, -0.2) is 4.39 Å². The third kappa shape index (κ3) is 3.88. The number of halogens is 1. The number of carbonyl (C=O) groups excluding carboxylic acids is 1. The van der Waals surface area contributed by atoms with Gasteiger partial charge in [0.2, 0.25) is 5.91 Å². The van der Waals surface area contributed by atoms with Gasteiger partial charge in [0.1, 0.15) is 5.82 Å². The molecule has 1 rings (SSSR count). The van der Waals surface area contributed by atoms with Crippen LogP contribution in [-0.4, -0.2) is 19.0 Å². The Morgan fingerprint density at radius 1 is 1.44 bits per heavy atom. The fourth-order valence-electron chi connectivity index (χ4n) is 1.54. The molecule has 0 radical (unpaired) electrons. The van der Waals surface area contributed by atoms with Crippen LogP contribution in [0.2, 0.25) is 0 Å². The molecule has 1 atom stereocenters. The summed E-state index contributed by atoms with van der Waals surface area (Å²) in [6.45, 7) is 3.72. The predicted octanol–water partition coefficient (Wildman–Crippen LogP) is 2.07. The molecule has 1 aromatic carbocycles. The fraction of sp³-hybridized carbons (Fsp3) is 0.417. The van der Waals surface area contributed by atoms with Gasteiger partial charge in [-0.2, -0.15) is 0 Å². The number of carbonyl (C=O) groups is 1. The van der Waals surface area contributed by atoms with Crippen molar-refractivity contribution >= 4 is 11.6 Å². The molecule has 0 spiro atoms. The summed E-state index contributed by atoms with van der Waals surface area (Å²) in [5.41, 5.74) is 1.56. The summed E-state index contributed by atoms with van der Waals surface area (Å²) in [4.78, 5) is 11.1. The number of amides is 1. The first kappa shape index (κ1) is 12.5. The first-order valence-electron chi connectivity index (χ1n) is 5.25. The molecule has 0 aliphatic carbocycles. The maximum Gasteiger partial charge on any atom is 0.221 e. The minimum atomic E-state index is -0.269. The van der Waals surface area contributed by atoms with E-state index < -0.39 is 0 Å². The van der Waals surface area contributed by atoms with Crippen LogP contribution in [-0.2, 0) is 4.79 Å². The number of nitrogens with one attached hydrogen (secondary N) is 2. The molecule has 0 fully saturated rings. The quantitative estimate of drug-likeness (QED) is 0.822. The Hall–Kier alpha value is -1.58. The Kier molecular flexibility index (Phi) is 4.28. The summed E-state index contributed by atoms with van der Waals surface area (Å²) in [6.07, 6.45) is 0.367. The Morgan fingerprint density at radius 3 is 2.69 bits per heavy atom. The van der Waals surface area contributed by atoms with Gasteiger partial charge in [-0.1, -0.05) is 0 Å². The van der Waals surface area contributed by atoms with Gasteiger partial charge in [0.15, 0.2) is 0 Å². The molecule has 16 heavy (non-hydrogen) atoms. The minimum absolute atomic E-state index is 0.0267. The van der Waals surface area contributed by atoms with E-state index in [9.17, 15) is 9.18 Å². The normalized spacial score (nSPS) is 12.0. The average molecular weight is 224 g/mol. The fourth-order valence-corrected chi connectivity index (χ4v) is 1.54. The summed E-state index contributed by atoms with van der Waals surface area (Å²) in [7, 11) is 1.60. The van der Waals surface area contributed by atoms with Crippen molar-refractivity contribution in [1.29, 1.82) is 0 Å². The molecule has 0 aromatic heterocycles. The van der Waals surface area contributed by atoms with E-state index in [1.54, 1.807) is 7.05 Å². The summed E-state index contributed by atoms with van der Waals surface area (Å²) >= 11 is 0.